The monoisotopic (exact) mass is 274 g/mol. The highest BCUT2D eigenvalue weighted by atomic mass is 79.9. The molecule has 1 aliphatic rings. The standard InChI is InChI=1S/C11H12BrClO/c12-10-6-8(2-1-4-13)11-9(7-10)3-5-14-11/h6-7H,1-5H2. The molecule has 0 radical (unpaired) electrons. The van der Waals surface area contributed by atoms with Crippen LogP contribution in [0, 0.1) is 0 Å². The van der Waals surface area contributed by atoms with Crippen molar-refractivity contribution in [3.8, 4) is 5.75 Å². The normalized spacial score (nSPS) is 13.9. The third-order valence-corrected chi connectivity index (χ3v) is 3.13. The first kappa shape index (κ1) is 10.3. The topological polar surface area (TPSA) is 9.23 Å². The van der Waals surface area contributed by atoms with Crippen LogP contribution in [0.4, 0.5) is 0 Å². The van der Waals surface area contributed by atoms with E-state index < -0.39 is 0 Å². The molecule has 0 N–H and O–H groups in total. The first-order chi connectivity index (χ1) is 6.81. The largest absolute Gasteiger partial charge is 0.493 e. The van der Waals surface area contributed by atoms with Gasteiger partial charge in [-0.15, -0.1) is 11.6 Å². The summed E-state index contributed by atoms with van der Waals surface area (Å²) in [6.07, 6.45) is 3.04. The van der Waals surface area contributed by atoms with Crippen molar-refractivity contribution in [2.75, 3.05) is 12.5 Å². The second kappa shape index (κ2) is 4.54. The zero-order chi connectivity index (χ0) is 9.97. The zero-order valence-corrected chi connectivity index (χ0v) is 10.2. The van der Waals surface area contributed by atoms with Crippen LogP contribution in [-0.2, 0) is 12.8 Å². The van der Waals surface area contributed by atoms with Crippen molar-refractivity contribution in [3.63, 3.8) is 0 Å². The lowest BCUT2D eigenvalue weighted by molar-refractivity contribution is 0.353. The van der Waals surface area contributed by atoms with Crippen LogP contribution in [0.25, 0.3) is 0 Å². The molecule has 0 atom stereocenters. The van der Waals surface area contributed by atoms with Gasteiger partial charge in [0.05, 0.1) is 6.61 Å². The van der Waals surface area contributed by atoms with Crippen molar-refractivity contribution in [1.29, 1.82) is 0 Å². The summed E-state index contributed by atoms with van der Waals surface area (Å²) in [5, 5.41) is 0. The van der Waals surface area contributed by atoms with E-state index in [4.69, 9.17) is 16.3 Å². The minimum atomic E-state index is 0.710. The Morgan fingerprint density at radius 3 is 3.07 bits per heavy atom. The third kappa shape index (κ3) is 2.06. The van der Waals surface area contributed by atoms with Gasteiger partial charge in [0, 0.05) is 16.8 Å². The van der Waals surface area contributed by atoms with Crippen molar-refractivity contribution in [3.05, 3.63) is 27.7 Å². The summed E-state index contributed by atoms with van der Waals surface area (Å²) in [4.78, 5) is 0. The average molecular weight is 276 g/mol. The maximum atomic E-state index is 5.69. The first-order valence-electron chi connectivity index (χ1n) is 4.81. The summed E-state index contributed by atoms with van der Waals surface area (Å²) in [6.45, 7) is 0.819. The van der Waals surface area contributed by atoms with Crippen LogP contribution in [-0.4, -0.2) is 12.5 Å². The van der Waals surface area contributed by atoms with Gasteiger partial charge in [0.1, 0.15) is 5.75 Å². The fraction of sp³-hybridized carbons (Fsp3) is 0.455. The third-order valence-electron chi connectivity index (χ3n) is 2.41. The number of hydrogen-bond donors (Lipinski definition) is 0. The molecule has 2 rings (SSSR count). The minimum absolute atomic E-state index is 0.710. The number of hydrogen-bond acceptors (Lipinski definition) is 1. The molecule has 1 nitrogen and oxygen atoms in total. The van der Waals surface area contributed by atoms with E-state index in [2.05, 4.69) is 28.1 Å². The van der Waals surface area contributed by atoms with Gasteiger partial charge in [0.15, 0.2) is 0 Å². The number of alkyl halides is 1. The number of benzene rings is 1. The number of ether oxygens (including phenoxy) is 1. The predicted octanol–water partition coefficient (Wildman–Crippen LogP) is 3.56. The fourth-order valence-corrected chi connectivity index (χ4v) is 2.48. The lowest BCUT2D eigenvalue weighted by Gasteiger charge is -2.07. The lowest BCUT2D eigenvalue weighted by Crippen LogP contribution is -1.93. The van der Waals surface area contributed by atoms with E-state index in [9.17, 15) is 0 Å². The molecule has 1 aliphatic heterocycles. The van der Waals surface area contributed by atoms with E-state index in [1.165, 1.54) is 11.1 Å². The Labute approximate surface area is 97.5 Å². The van der Waals surface area contributed by atoms with Crippen molar-refractivity contribution in [1.82, 2.24) is 0 Å². The van der Waals surface area contributed by atoms with Gasteiger partial charge in [-0.05, 0) is 36.1 Å². The second-order valence-electron chi connectivity index (χ2n) is 3.44. The van der Waals surface area contributed by atoms with Gasteiger partial charge >= 0.3 is 0 Å². The van der Waals surface area contributed by atoms with Gasteiger partial charge in [-0.2, -0.15) is 0 Å². The van der Waals surface area contributed by atoms with Crippen molar-refractivity contribution < 1.29 is 4.74 Å². The molecule has 0 saturated heterocycles. The summed E-state index contributed by atoms with van der Waals surface area (Å²) in [7, 11) is 0. The number of fused-ring (bicyclic) bond motifs is 1. The van der Waals surface area contributed by atoms with Crippen LogP contribution in [0.2, 0.25) is 0 Å². The average Bonchev–Trinajstić information content (AvgIpc) is 2.61. The molecular weight excluding hydrogens is 263 g/mol. The van der Waals surface area contributed by atoms with Crippen molar-refractivity contribution in [2.45, 2.75) is 19.3 Å². The predicted molar refractivity (Wildman–Crippen MR) is 62.4 cm³/mol. The molecule has 0 spiro atoms. The van der Waals surface area contributed by atoms with Gasteiger partial charge in [-0.1, -0.05) is 15.9 Å². The Morgan fingerprint density at radius 1 is 1.43 bits per heavy atom. The maximum Gasteiger partial charge on any atom is 0.125 e. The summed E-state index contributed by atoms with van der Waals surface area (Å²) in [5.74, 6) is 1.81. The summed E-state index contributed by atoms with van der Waals surface area (Å²) < 4.78 is 6.76. The summed E-state index contributed by atoms with van der Waals surface area (Å²) in [6, 6.07) is 4.28. The Balaban J connectivity index is 2.29. The van der Waals surface area contributed by atoms with Crippen LogP contribution >= 0.6 is 27.5 Å². The van der Waals surface area contributed by atoms with E-state index in [0.717, 1.165) is 36.1 Å². The summed E-state index contributed by atoms with van der Waals surface area (Å²) in [5.41, 5.74) is 2.61. The SMILES string of the molecule is ClCCCc1cc(Br)cc2c1OCC2. The molecule has 76 valence electrons. The maximum absolute atomic E-state index is 5.69. The molecule has 14 heavy (non-hydrogen) atoms. The number of aryl methyl sites for hydroxylation is 1. The van der Waals surface area contributed by atoms with E-state index in [1.807, 2.05) is 0 Å². The van der Waals surface area contributed by atoms with Crippen LogP contribution in [0.15, 0.2) is 16.6 Å². The first-order valence-corrected chi connectivity index (χ1v) is 6.14. The Hall–Kier alpha value is -0.210. The van der Waals surface area contributed by atoms with E-state index in [1.54, 1.807) is 0 Å². The van der Waals surface area contributed by atoms with E-state index >= 15 is 0 Å². The van der Waals surface area contributed by atoms with Gasteiger partial charge in [0.25, 0.3) is 0 Å². The Kier molecular flexibility index (Phi) is 3.34. The molecule has 0 fully saturated rings. The summed E-state index contributed by atoms with van der Waals surface area (Å²) >= 11 is 9.21. The lowest BCUT2D eigenvalue weighted by atomic mass is 10.0. The Bertz CT molecular complexity index is 338. The molecule has 0 aliphatic carbocycles. The Morgan fingerprint density at radius 2 is 2.29 bits per heavy atom. The second-order valence-corrected chi connectivity index (χ2v) is 4.74. The molecule has 1 heterocycles. The molecule has 0 amide bonds. The van der Waals surface area contributed by atoms with Gasteiger partial charge in [-0.3, -0.25) is 0 Å². The highest BCUT2D eigenvalue weighted by molar-refractivity contribution is 9.10. The van der Waals surface area contributed by atoms with Crippen LogP contribution in [0.5, 0.6) is 5.75 Å². The molecule has 0 bridgehead atoms. The van der Waals surface area contributed by atoms with Crippen LogP contribution in [0.3, 0.4) is 0 Å². The molecule has 3 heteroatoms. The highest BCUT2D eigenvalue weighted by Crippen LogP contribution is 2.33. The van der Waals surface area contributed by atoms with Crippen LogP contribution < -0.4 is 4.74 Å². The number of halogens is 2. The quantitative estimate of drug-likeness (QED) is 0.767. The molecule has 1 aromatic rings. The minimum Gasteiger partial charge on any atom is -0.493 e. The molecule has 0 aromatic heterocycles. The molecular formula is C11H12BrClO. The molecule has 0 saturated carbocycles. The van der Waals surface area contributed by atoms with Gasteiger partial charge in [-0.25, -0.2) is 0 Å². The number of rotatable bonds is 3. The molecule has 1 aromatic carbocycles. The van der Waals surface area contributed by atoms with Crippen molar-refractivity contribution in [2.24, 2.45) is 0 Å². The van der Waals surface area contributed by atoms with E-state index in [-0.39, 0.29) is 0 Å². The van der Waals surface area contributed by atoms with Gasteiger partial charge in [0.2, 0.25) is 0 Å². The fourth-order valence-electron chi connectivity index (χ4n) is 1.79. The molecule has 0 unspecified atom stereocenters. The van der Waals surface area contributed by atoms with E-state index in [0.29, 0.717) is 5.88 Å². The highest BCUT2D eigenvalue weighted by Gasteiger charge is 2.16. The van der Waals surface area contributed by atoms with Crippen molar-refractivity contribution >= 4 is 27.5 Å². The smallest absolute Gasteiger partial charge is 0.125 e. The van der Waals surface area contributed by atoms with Gasteiger partial charge < -0.3 is 4.74 Å². The zero-order valence-electron chi connectivity index (χ0n) is 7.85. The van der Waals surface area contributed by atoms with Crippen LogP contribution in [0.1, 0.15) is 17.5 Å².